The monoisotopic (exact) mass is 348 g/mol. The molecule has 0 aromatic carbocycles. The molecule has 0 saturated heterocycles. The number of aromatic nitrogens is 2. The molecule has 0 radical (unpaired) electrons. The van der Waals surface area contributed by atoms with Gasteiger partial charge in [0.05, 0.1) is 15.6 Å². The van der Waals surface area contributed by atoms with E-state index >= 15 is 0 Å². The number of nitrogens with zero attached hydrogens (tertiary/aromatic N) is 2. The van der Waals surface area contributed by atoms with Gasteiger partial charge in [-0.1, -0.05) is 0 Å². The molecule has 0 aliphatic carbocycles. The minimum Gasteiger partial charge on any atom is -0.478 e. The van der Waals surface area contributed by atoms with E-state index in [4.69, 9.17) is 5.11 Å². The smallest absolute Gasteiger partial charge is 0.418 e. The van der Waals surface area contributed by atoms with E-state index in [1.807, 2.05) is 0 Å². The van der Waals surface area contributed by atoms with Crippen LogP contribution >= 0.6 is 15.9 Å². The molecule has 0 aliphatic heterocycles. The Labute approximate surface area is 120 Å². The number of hydrogen-bond acceptors (Lipinski definition) is 2. The van der Waals surface area contributed by atoms with Gasteiger partial charge >= 0.3 is 12.1 Å². The summed E-state index contributed by atoms with van der Waals surface area (Å²) in [5, 5.41) is 8.87. The van der Waals surface area contributed by atoms with E-state index in [1.165, 1.54) is 6.20 Å². The van der Waals surface area contributed by atoms with Gasteiger partial charge in [-0.25, -0.2) is 9.78 Å². The number of carbonyl (C=O) groups is 1. The van der Waals surface area contributed by atoms with Crippen LogP contribution in [0.5, 0.6) is 0 Å². The highest BCUT2D eigenvalue weighted by atomic mass is 79.9. The van der Waals surface area contributed by atoms with Crippen LogP contribution in [0.2, 0.25) is 0 Å². The van der Waals surface area contributed by atoms with Gasteiger partial charge in [0.2, 0.25) is 0 Å². The molecule has 0 spiro atoms. The Morgan fingerprint density at radius 3 is 2.55 bits per heavy atom. The Hall–Kier alpha value is -1.83. The van der Waals surface area contributed by atoms with Crippen LogP contribution in [-0.2, 0) is 6.18 Å². The lowest BCUT2D eigenvalue weighted by molar-refractivity contribution is -0.138. The molecule has 0 bridgehead atoms. The first kappa shape index (κ1) is 14.6. The quantitative estimate of drug-likeness (QED) is 0.900. The number of aryl methyl sites for hydroxylation is 1. The standard InChI is InChI=1S/C12H8BrF3N2O2/c1-6-2-3-17-10(9(6)13)18-4-7(11(19)20)8(5-18)12(14,15)16/h2-5H,1H3,(H,19,20). The lowest BCUT2D eigenvalue weighted by Crippen LogP contribution is -2.09. The summed E-state index contributed by atoms with van der Waals surface area (Å²) in [6.45, 7) is 1.75. The molecule has 0 amide bonds. The van der Waals surface area contributed by atoms with Crippen molar-refractivity contribution in [1.29, 1.82) is 0 Å². The molecule has 0 fully saturated rings. The summed E-state index contributed by atoms with van der Waals surface area (Å²) in [5.41, 5.74) is -1.25. The van der Waals surface area contributed by atoms with Gasteiger partial charge < -0.3 is 9.67 Å². The zero-order valence-corrected chi connectivity index (χ0v) is 11.7. The van der Waals surface area contributed by atoms with Crippen molar-refractivity contribution < 1.29 is 23.1 Å². The molecular formula is C12H8BrF3N2O2. The van der Waals surface area contributed by atoms with E-state index in [-0.39, 0.29) is 5.82 Å². The third-order valence-corrected chi connectivity index (χ3v) is 3.65. The molecule has 0 aliphatic rings. The normalized spacial score (nSPS) is 11.7. The van der Waals surface area contributed by atoms with Crippen molar-refractivity contribution in [2.75, 3.05) is 0 Å². The van der Waals surface area contributed by atoms with Crippen LogP contribution < -0.4 is 0 Å². The van der Waals surface area contributed by atoms with Crippen LogP contribution in [0.4, 0.5) is 13.2 Å². The second kappa shape index (κ2) is 4.93. The molecule has 1 N–H and O–H groups in total. The maximum absolute atomic E-state index is 12.8. The van der Waals surface area contributed by atoms with Gasteiger partial charge in [-0.3, -0.25) is 0 Å². The van der Waals surface area contributed by atoms with Gasteiger partial charge in [0.1, 0.15) is 0 Å². The molecule has 106 valence electrons. The lowest BCUT2D eigenvalue weighted by atomic mass is 10.2. The molecule has 0 unspecified atom stereocenters. The maximum Gasteiger partial charge on any atom is 0.418 e. The predicted octanol–water partition coefficient (Wildman–Crippen LogP) is 3.66. The second-order valence-electron chi connectivity index (χ2n) is 4.06. The van der Waals surface area contributed by atoms with Crippen molar-refractivity contribution in [3.8, 4) is 5.82 Å². The van der Waals surface area contributed by atoms with Gasteiger partial charge in [0, 0.05) is 18.6 Å². The van der Waals surface area contributed by atoms with Gasteiger partial charge in [0.15, 0.2) is 5.82 Å². The Bertz CT molecular complexity index is 680. The molecular weight excluding hydrogens is 341 g/mol. The van der Waals surface area contributed by atoms with Crippen LogP contribution in [0, 0.1) is 6.92 Å². The van der Waals surface area contributed by atoms with Crippen molar-refractivity contribution in [3.63, 3.8) is 0 Å². The number of rotatable bonds is 2. The van der Waals surface area contributed by atoms with Crippen molar-refractivity contribution in [2.24, 2.45) is 0 Å². The van der Waals surface area contributed by atoms with Gasteiger partial charge in [0.25, 0.3) is 0 Å². The SMILES string of the molecule is Cc1ccnc(-n2cc(C(=O)O)c(C(F)(F)F)c2)c1Br. The Balaban J connectivity index is 2.65. The van der Waals surface area contributed by atoms with Crippen molar-refractivity contribution >= 4 is 21.9 Å². The highest BCUT2D eigenvalue weighted by Gasteiger charge is 2.37. The molecule has 20 heavy (non-hydrogen) atoms. The molecule has 2 heterocycles. The third-order valence-electron chi connectivity index (χ3n) is 2.67. The first-order valence-corrected chi connectivity index (χ1v) is 6.15. The number of halogens is 4. The van der Waals surface area contributed by atoms with E-state index in [1.54, 1.807) is 13.0 Å². The fourth-order valence-electron chi connectivity index (χ4n) is 1.68. The number of carboxylic acids is 1. The highest BCUT2D eigenvalue weighted by molar-refractivity contribution is 9.10. The molecule has 2 aromatic rings. The molecule has 2 aromatic heterocycles. The molecule has 4 nitrogen and oxygen atoms in total. The number of alkyl halides is 3. The van der Waals surface area contributed by atoms with Crippen molar-refractivity contribution in [3.05, 3.63) is 45.8 Å². The van der Waals surface area contributed by atoms with Gasteiger partial charge in [-0.05, 0) is 34.5 Å². The van der Waals surface area contributed by atoms with E-state index in [0.29, 0.717) is 4.47 Å². The number of carboxylic acid groups (broad SMARTS) is 1. The molecule has 0 saturated carbocycles. The highest BCUT2D eigenvalue weighted by Crippen LogP contribution is 2.34. The summed E-state index contributed by atoms with van der Waals surface area (Å²) >= 11 is 3.23. The Morgan fingerprint density at radius 2 is 2.05 bits per heavy atom. The fraction of sp³-hybridized carbons (Fsp3) is 0.167. The van der Waals surface area contributed by atoms with E-state index in [0.717, 1.165) is 22.5 Å². The van der Waals surface area contributed by atoms with Crippen LogP contribution in [0.25, 0.3) is 5.82 Å². The van der Waals surface area contributed by atoms with E-state index < -0.39 is 23.3 Å². The van der Waals surface area contributed by atoms with Crippen LogP contribution in [0.15, 0.2) is 29.1 Å². The third kappa shape index (κ3) is 2.55. The van der Waals surface area contributed by atoms with Crippen LogP contribution in [0.1, 0.15) is 21.5 Å². The summed E-state index contributed by atoms with van der Waals surface area (Å²) in [6, 6.07) is 1.68. The minimum atomic E-state index is -4.74. The van der Waals surface area contributed by atoms with Crippen LogP contribution in [0.3, 0.4) is 0 Å². The largest absolute Gasteiger partial charge is 0.478 e. The summed E-state index contributed by atoms with van der Waals surface area (Å²) in [7, 11) is 0. The summed E-state index contributed by atoms with van der Waals surface area (Å²) < 4.78 is 40.0. The zero-order chi connectivity index (χ0) is 15.1. The Kier molecular flexibility index (Phi) is 3.59. The molecule has 8 heteroatoms. The number of aromatic carboxylic acids is 1. The molecule has 2 rings (SSSR count). The fourth-order valence-corrected chi connectivity index (χ4v) is 2.12. The zero-order valence-electron chi connectivity index (χ0n) is 10.1. The minimum absolute atomic E-state index is 0.197. The number of hydrogen-bond donors (Lipinski definition) is 1. The first-order valence-electron chi connectivity index (χ1n) is 5.35. The number of pyridine rings is 1. The Morgan fingerprint density at radius 1 is 1.40 bits per heavy atom. The lowest BCUT2D eigenvalue weighted by Gasteiger charge is -2.07. The topological polar surface area (TPSA) is 55.1 Å². The van der Waals surface area contributed by atoms with Crippen LogP contribution in [-0.4, -0.2) is 20.6 Å². The maximum atomic E-state index is 12.8. The summed E-state index contributed by atoms with van der Waals surface area (Å²) in [5.74, 6) is -1.44. The van der Waals surface area contributed by atoms with E-state index in [2.05, 4.69) is 20.9 Å². The average molecular weight is 349 g/mol. The first-order chi connectivity index (χ1) is 9.21. The average Bonchev–Trinajstić information content (AvgIpc) is 2.77. The predicted molar refractivity (Wildman–Crippen MR) is 68.0 cm³/mol. The van der Waals surface area contributed by atoms with E-state index in [9.17, 15) is 18.0 Å². The van der Waals surface area contributed by atoms with Crippen molar-refractivity contribution in [2.45, 2.75) is 13.1 Å². The van der Waals surface area contributed by atoms with Gasteiger partial charge in [-0.2, -0.15) is 13.2 Å². The molecule has 0 atom stereocenters. The summed E-state index contributed by atoms with van der Waals surface area (Å²) in [6.07, 6.45) is -1.69. The summed E-state index contributed by atoms with van der Waals surface area (Å²) in [4.78, 5) is 14.9. The van der Waals surface area contributed by atoms with Gasteiger partial charge in [-0.15, -0.1) is 0 Å². The van der Waals surface area contributed by atoms with Crippen molar-refractivity contribution in [1.82, 2.24) is 9.55 Å². The second-order valence-corrected chi connectivity index (χ2v) is 4.85.